The van der Waals surface area contributed by atoms with E-state index in [-0.39, 0.29) is 11.8 Å². The number of aromatic amines is 1. The maximum atomic E-state index is 13.2. The van der Waals surface area contributed by atoms with Gasteiger partial charge in [0.05, 0.1) is 18.4 Å². The second-order valence-electron chi connectivity index (χ2n) is 8.29. The first kappa shape index (κ1) is 20.0. The highest BCUT2D eigenvalue weighted by molar-refractivity contribution is 6.09. The van der Waals surface area contributed by atoms with Crippen molar-refractivity contribution in [3.63, 3.8) is 0 Å². The van der Waals surface area contributed by atoms with Gasteiger partial charge in [0.1, 0.15) is 11.4 Å². The SMILES string of the molecule is COc1ccc2cc(C(=O)Nc3ccccc3C(=O)N3C[C@H](C)C[C@@H](C)C3)[nH]c2c1. The van der Waals surface area contributed by atoms with Crippen molar-refractivity contribution in [3.05, 3.63) is 59.8 Å². The molecule has 0 radical (unpaired) electrons. The number of ether oxygens (including phenoxy) is 1. The minimum Gasteiger partial charge on any atom is -0.497 e. The number of hydrogen-bond acceptors (Lipinski definition) is 3. The van der Waals surface area contributed by atoms with Crippen LogP contribution in [0, 0.1) is 11.8 Å². The van der Waals surface area contributed by atoms with Gasteiger partial charge in [-0.2, -0.15) is 0 Å². The maximum Gasteiger partial charge on any atom is 0.272 e. The van der Waals surface area contributed by atoms with Crippen LogP contribution >= 0.6 is 0 Å². The van der Waals surface area contributed by atoms with Crippen molar-refractivity contribution >= 4 is 28.4 Å². The van der Waals surface area contributed by atoms with Gasteiger partial charge in [-0.3, -0.25) is 9.59 Å². The molecule has 3 aromatic rings. The minimum atomic E-state index is -0.286. The lowest BCUT2D eigenvalue weighted by atomic mass is 9.91. The van der Waals surface area contributed by atoms with Gasteiger partial charge in [-0.05, 0) is 48.6 Å². The average Bonchev–Trinajstić information content (AvgIpc) is 3.16. The summed E-state index contributed by atoms with van der Waals surface area (Å²) in [6, 6.07) is 14.6. The first-order chi connectivity index (χ1) is 14.4. The van der Waals surface area contributed by atoms with E-state index in [0.717, 1.165) is 36.2 Å². The lowest BCUT2D eigenvalue weighted by Gasteiger charge is -2.35. The lowest BCUT2D eigenvalue weighted by molar-refractivity contribution is 0.0624. The maximum absolute atomic E-state index is 13.2. The van der Waals surface area contributed by atoms with Crippen LogP contribution in [0.3, 0.4) is 0 Å². The number of carbonyl (C=O) groups is 2. The van der Waals surface area contributed by atoms with Gasteiger partial charge in [-0.1, -0.05) is 26.0 Å². The van der Waals surface area contributed by atoms with E-state index < -0.39 is 0 Å². The van der Waals surface area contributed by atoms with E-state index in [4.69, 9.17) is 4.74 Å². The van der Waals surface area contributed by atoms with Crippen molar-refractivity contribution in [2.24, 2.45) is 11.8 Å². The molecule has 1 aliphatic rings. The summed E-state index contributed by atoms with van der Waals surface area (Å²) in [4.78, 5) is 31.1. The molecule has 4 rings (SSSR count). The molecule has 0 saturated carbocycles. The molecule has 6 nitrogen and oxygen atoms in total. The van der Waals surface area contributed by atoms with E-state index in [0.29, 0.717) is 28.8 Å². The molecule has 1 saturated heterocycles. The van der Waals surface area contributed by atoms with Gasteiger partial charge in [-0.25, -0.2) is 0 Å². The number of likely N-dealkylation sites (tertiary alicyclic amines) is 1. The number of nitrogens with one attached hydrogen (secondary N) is 2. The Morgan fingerprint density at radius 3 is 2.53 bits per heavy atom. The van der Waals surface area contributed by atoms with Gasteiger partial charge >= 0.3 is 0 Å². The molecular weight excluding hydrogens is 378 g/mol. The van der Waals surface area contributed by atoms with Crippen molar-refractivity contribution < 1.29 is 14.3 Å². The Morgan fingerprint density at radius 2 is 1.80 bits per heavy atom. The normalized spacial score (nSPS) is 19.0. The Bertz CT molecular complexity index is 1080. The van der Waals surface area contributed by atoms with E-state index in [1.54, 1.807) is 25.3 Å². The summed E-state index contributed by atoms with van der Waals surface area (Å²) < 4.78 is 5.24. The van der Waals surface area contributed by atoms with Crippen LogP contribution in [0.25, 0.3) is 10.9 Å². The number of nitrogens with zero attached hydrogens (tertiary/aromatic N) is 1. The number of anilines is 1. The van der Waals surface area contributed by atoms with Crippen LogP contribution in [-0.2, 0) is 0 Å². The molecule has 0 bridgehead atoms. The molecule has 2 heterocycles. The second kappa shape index (κ2) is 8.22. The van der Waals surface area contributed by atoms with Crippen molar-refractivity contribution in [2.75, 3.05) is 25.5 Å². The molecule has 2 atom stereocenters. The first-order valence-corrected chi connectivity index (χ1v) is 10.3. The zero-order valence-electron chi connectivity index (χ0n) is 17.6. The van der Waals surface area contributed by atoms with Crippen LogP contribution in [0.15, 0.2) is 48.5 Å². The van der Waals surface area contributed by atoms with Crippen LogP contribution in [0.4, 0.5) is 5.69 Å². The Kier molecular flexibility index (Phi) is 5.48. The molecule has 30 heavy (non-hydrogen) atoms. The highest BCUT2D eigenvalue weighted by Crippen LogP contribution is 2.26. The van der Waals surface area contributed by atoms with E-state index >= 15 is 0 Å². The fraction of sp³-hybridized carbons (Fsp3) is 0.333. The van der Waals surface area contributed by atoms with Crippen molar-refractivity contribution in [2.45, 2.75) is 20.3 Å². The van der Waals surface area contributed by atoms with E-state index in [1.807, 2.05) is 35.2 Å². The number of fused-ring (bicyclic) bond motifs is 1. The highest BCUT2D eigenvalue weighted by atomic mass is 16.5. The Hall–Kier alpha value is -3.28. The fourth-order valence-corrected chi connectivity index (χ4v) is 4.32. The largest absolute Gasteiger partial charge is 0.497 e. The number of benzene rings is 2. The number of methoxy groups -OCH3 is 1. The van der Waals surface area contributed by atoms with Gasteiger partial charge in [0, 0.05) is 30.1 Å². The van der Waals surface area contributed by atoms with E-state index in [1.165, 1.54) is 0 Å². The topological polar surface area (TPSA) is 74.4 Å². The summed E-state index contributed by atoms with van der Waals surface area (Å²) in [6.07, 6.45) is 1.13. The zero-order chi connectivity index (χ0) is 21.3. The van der Waals surface area contributed by atoms with Gasteiger partial charge in [0.25, 0.3) is 11.8 Å². The molecule has 0 spiro atoms. The van der Waals surface area contributed by atoms with Crippen LogP contribution < -0.4 is 10.1 Å². The average molecular weight is 405 g/mol. The summed E-state index contributed by atoms with van der Waals surface area (Å²) in [6.45, 7) is 5.84. The number of piperidine rings is 1. The molecule has 2 aromatic carbocycles. The van der Waals surface area contributed by atoms with Crippen LogP contribution in [0.5, 0.6) is 5.75 Å². The van der Waals surface area contributed by atoms with Crippen molar-refractivity contribution in [1.29, 1.82) is 0 Å². The third kappa shape index (κ3) is 4.03. The lowest BCUT2D eigenvalue weighted by Crippen LogP contribution is -2.42. The standard InChI is InChI=1S/C24H27N3O3/c1-15-10-16(2)14-27(13-15)24(29)19-6-4-5-7-20(19)26-23(28)22-11-17-8-9-18(30-3)12-21(17)25-22/h4-9,11-12,15-16,25H,10,13-14H2,1-3H3,(H,26,28)/t15-,16-/m1/s1. The third-order valence-corrected chi connectivity index (χ3v) is 5.64. The molecule has 6 heteroatoms. The minimum absolute atomic E-state index is 0.0364. The van der Waals surface area contributed by atoms with Gasteiger partial charge in [0.15, 0.2) is 0 Å². The highest BCUT2D eigenvalue weighted by Gasteiger charge is 2.27. The second-order valence-corrected chi connectivity index (χ2v) is 8.29. The molecular formula is C24H27N3O3. The summed E-state index contributed by atoms with van der Waals surface area (Å²) >= 11 is 0. The summed E-state index contributed by atoms with van der Waals surface area (Å²) in [5.41, 5.74) is 2.29. The number of aromatic nitrogens is 1. The summed E-state index contributed by atoms with van der Waals surface area (Å²) in [5.74, 6) is 1.35. The summed E-state index contributed by atoms with van der Waals surface area (Å²) in [5, 5.41) is 3.83. The monoisotopic (exact) mass is 405 g/mol. The van der Waals surface area contributed by atoms with E-state index in [9.17, 15) is 9.59 Å². The number of para-hydroxylation sites is 1. The quantitative estimate of drug-likeness (QED) is 0.669. The third-order valence-electron chi connectivity index (χ3n) is 5.64. The number of rotatable bonds is 4. The molecule has 0 unspecified atom stereocenters. The van der Waals surface area contributed by atoms with Crippen molar-refractivity contribution in [3.8, 4) is 5.75 Å². The molecule has 2 amide bonds. The fourth-order valence-electron chi connectivity index (χ4n) is 4.32. The molecule has 1 fully saturated rings. The smallest absolute Gasteiger partial charge is 0.272 e. The van der Waals surface area contributed by atoms with Gasteiger partial charge < -0.3 is 19.9 Å². The summed E-state index contributed by atoms with van der Waals surface area (Å²) in [7, 11) is 1.61. The van der Waals surface area contributed by atoms with Gasteiger partial charge in [0.2, 0.25) is 0 Å². The number of amides is 2. The van der Waals surface area contributed by atoms with Crippen LogP contribution in [-0.4, -0.2) is 41.9 Å². The number of H-pyrrole nitrogens is 1. The van der Waals surface area contributed by atoms with E-state index in [2.05, 4.69) is 24.1 Å². The molecule has 1 aromatic heterocycles. The number of hydrogen-bond donors (Lipinski definition) is 2. The molecule has 1 aliphatic heterocycles. The Labute approximate surface area is 176 Å². The first-order valence-electron chi connectivity index (χ1n) is 10.3. The molecule has 0 aliphatic carbocycles. The predicted molar refractivity (Wildman–Crippen MR) is 118 cm³/mol. The molecule has 156 valence electrons. The van der Waals surface area contributed by atoms with Crippen LogP contribution in [0.1, 0.15) is 41.1 Å². The Balaban J connectivity index is 1.56. The Morgan fingerprint density at radius 1 is 1.07 bits per heavy atom. The molecule has 2 N–H and O–H groups in total. The van der Waals surface area contributed by atoms with Crippen molar-refractivity contribution in [1.82, 2.24) is 9.88 Å². The number of carbonyl (C=O) groups excluding carboxylic acids is 2. The van der Waals surface area contributed by atoms with Gasteiger partial charge in [-0.15, -0.1) is 0 Å². The van der Waals surface area contributed by atoms with Crippen LogP contribution in [0.2, 0.25) is 0 Å². The predicted octanol–water partition coefficient (Wildman–Crippen LogP) is 4.55. The zero-order valence-corrected chi connectivity index (χ0v) is 17.6.